The summed E-state index contributed by atoms with van der Waals surface area (Å²) < 4.78 is 25.0. The van der Waals surface area contributed by atoms with Gasteiger partial charge in [-0.2, -0.15) is 0 Å². The smallest absolute Gasteiger partial charge is 0.264 e. The predicted octanol–water partition coefficient (Wildman–Crippen LogP) is 1.95. The van der Waals surface area contributed by atoms with Crippen molar-refractivity contribution in [2.24, 2.45) is 5.14 Å². The molecule has 6 nitrogen and oxygen atoms in total. The van der Waals surface area contributed by atoms with Gasteiger partial charge in [0.15, 0.2) is 5.82 Å². The van der Waals surface area contributed by atoms with Gasteiger partial charge in [-0.1, -0.05) is 18.2 Å². The van der Waals surface area contributed by atoms with Crippen LogP contribution >= 0.6 is 11.3 Å². The summed E-state index contributed by atoms with van der Waals surface area (Å²) in [6, 6.07) is 11.0. The van der Waals surface area contributed by atoms with Crippen molar-refractivity contribution in [3.8, 4) is 16.4 Å². The Morgan fingerprint density at radius 2 is 1.86 bits per heavy atom. The van der Waals surface area contributed by atoms with Crippen molar-refractivity contribution in [2.45, 2.75) is 12.1 Å². The van der Waals surface area contributed by atoms with Gasteiger partial charge in [-0.25, -0.2) is 13.6 Å². The van der Waals surface area contributed by atoms with Crippen LogP contribution in [0, 0.1) is 6.92 Å². The van der Waals surface area contributed by atoms with Gasteiger partial charge in [-0.15, -0.1) is 21.5 Å². The number of hydrogen-bond acceptors (Lipinski definition) is 5. The van der Waals surface area contributed by atoms with Crippen molar-refractivity contribution in [1.29, 1.82) is 0 Å². The molecule has 0 fully saturated rings. The van der Waals surface area contributed by atoms with E-state index in [1.54, 1.807) is 12.1 Å². The second-order valence-electron chi connectivity index (χ2n) is 4.45. The minimum atomic E-state index is -3.97. The highest BCUT2D eigenvalue weighted by molar-refractivity contribution is 7.89. The zero-order valence-electron chi connectivity index (χ0n) is 11.1. The maximum Gasteiger partial charge on any atom is 0.274 e. The minimum absolute atomic E-state index is 0.267. The Balaban J connectivity index is 2.33. The van der Waals surface area contributed by atoms with E-state index in [0.717, 1.165) is 10.4 Å². The van der Waals surface area contributed by atoms with E-state index in [4.69, 9.17) is 5.14 Å². The molecule has 0 amide bonds. The first kappa shape index (κ1) is 13.9. The zero-order chi connectivity index (χ0) is 15.0. The van der Waals surface area contributed by atoms with Gasteiger partial charge in [0.05, 0.1) is 4.88 Å². The number of para-hydroxylation sites is 1. The van der Waals surface area contributed by atoms with Crippen molar-refractivity contribution in [3.63, 3.8) is 0 Å². The first-order valence-electron chi connectivity index (χ1n) is 6.06. The highest BCUT2D eigenvalue weighted by Crippen LogP contribution is 2.30. The van der Waals surface area contributed by atoms with E-state index in [1.165, 1.54) is 15.9 Å². The average Bonchev–Trinajstić information content (AvgIpc) is 3.04. The van der Waals surface area contributed by atoms with Crippen LogP contribution in [0.15, 0.2) is 46.9 Å². The molecule has 2 heterocycles. The number of hydrogen-bond donors (Lipinski definition) is 1. The molecule has 2 N–H and O–H groups in total. The molecule has 0 bridgehead atoms. The Labute approximate surface area is 125 Å². The lowest BCUT2D eigenvalue weighted by atomic mass is 10.2. The Hall–Kier alpha value is -2.03. The number of sulfonamides is 1. The van der Waals surface area contributed by atoms with E-state index in [9.17, 15) is 8.42 Å². The van der Waals surface area contributed by atoms with Crippen LogP contribution in [0.1, 0.15) is 5.56 Å². The average molecular weight is 320 g/mol. The van der Waals surface area contributed by atoms with Gasteiger partial charge in [0.2, 0.25) is 0 Å². The molecule has 8 heteroatoms. The van der Waals surface area contributed by atoms with Crippen LogP contribution in [0.4, 0.5) is 0 Å². The molecule has 0 spiro atoms. The second-order valence-corrected chi connectivity index (χ2v) is 6.83. The lowest BCUT2D eigenvalue weighted by Crippen LogP contribution is -2.18. The molecule has 1 aromatic carbocycles. The molecule has 0 saturated heterocycles. The first-order valence-corrected chi connectivity index (χ1v) is 8.49. The van der Waals surface area contributed by atoms with Crippen LogP contribution in [0.25, 0.3) is 16.4 Å². The molecule has 3 aromatic rings. The Kier molecular flexibility index (Phi) is 3.36. The maximum absolute atomic E-state index is 11.8. The first-order chi connectivity index (χ1) is 9.98. The van der Waals surface area contributed by atoms with Crippen molar-refractivity contribution in [1.82, 2.24) is 14.8 Å². The number of nitrogens with two attached hydrogens (primary N) is 1. The molecule has 0 atom stereocenters. The molecular formula is C13H12N4O2S2. The van der Waals surface area contributed by atoms with Crippen molar-refractivity contribution in [3.05, 3.63) is 47.3 Å². The monoisotopic (exact) mass is 320 g/mol. The SMILES string of the molecule is Cc1ccsc1-c1nnc(S(N)(=O)=O)n1-c1ccccc1. The predicted molar refractivity (Wildman–Crippen MR) is 80.8 cm³/mol. The normalized spacial score (nSPS) is 11.7. The van der Waals surface area contributed by atoms with Gasteiger partial charge in [0.25, 0.3) is 15.2 Å². The van der Waals surface area contributed by atoms with Gasteiger partial charge >= 0.3 is 0 Å². The third-order valence-electron chi connectivity index (χ3n) is 2.97. The van der Waals surface area contributed by atoms with Gasteiger partial charge in [0, 0.05) is 5.69 Å². The van der Waals surface area contributed by atoms with E-state index in [0.29, 0.717) is 11.5 Å². The molecule has 0 aliphatic rings. The number of primary sulfonamides is 1. The molecule has 0 aliphatic heterocycles. The molecule has 3 rings (SSSR count). The Morgan fingerprint density at radius 1 is 1.14 bits per heavy atom. The molecule has 108 valence electrons. The molecule has 0 aliphatic carbocycles. The number of aromatic nitrogens is 3. The van der Waals surface area contributed by atoms with Gasteiger partial charge in [-0.05, 0) is 36.1 Å². The van der Waals surface area contributed by atoms with E-state index in [-0.39, 0.29) is 5.16 Å². The summed E-state index contributed by atoms with van der Waals surface area (Å²) >= 11 is 1.48. The summed E-state index contributed by atoms with van der Waals surface area (Å²) in [5, 5.41) is 14.7. The van der Waals surface area contributed by atoms with E-state index in [2.05, 4.69) is 10.2 Å². The largest absolute Gasteiger partial charge is 0.274 e. The lowest BCUT2D eigenvalue weighted by molar-refractivity contribution is 0.585. The van der Waals surface area contributed by atoms with E-state index >= 15 is 0 Å². The standard InChI is InChI=1S/C13H12N4O2S2/c1-9-7-8-20-11(9)12-15-16-13(21(14,18)19)17(12)10-5-3-2-4-6-10/h2-8H,1H3,(H2,14,18,19). The van der Waals surface area contributed by atoms with Crippen LogP contribution in [-0.2, 0) is 10.0 Å². The van der Waals surface area contributed by atoms with Crippen molar-refractivity contribution in [2.75, 3.05) is 0 Å². The number of aryl methyl sites for hydroxylation is 1. The topological polar surface area (TPSA) is 90.9 Å². The summed E-state index contributed by atoms with van der Waals surface area (Å²) in [6.45, 7) is 1.94. The summed E-state index contributed by atoms with van der Waals surface area (Å²) in [5.41, 5.74) is 1.65. The summed E-state index contributed by atoms with van der Waals surface area (Å²) in [7, 11) is -3.97. The Morgan fingerprint density at radius 3 is 2.43 bits per heavy atom. The fourth-order valence-corrected chi connectivity index (χ4v) is 3.51. The van der Waals surface area contributed by atoms with E-state index in [1.807, 2.05) is 36.6 Å². The van der Waals surface area contributed by atoms with Crippen LogP contribution in [0.2, 0.25) is 0 Å². The number of benzene rings is 1. The third kappa shape index (κ3) is 2.48. The summed E-state index contributed by atoms with van der Waals surface area (Å²) in [5.74, 6) is 0.470. The van der Waals surface area contributed by atoms with Crippen LogP contribution in [0.5, 0.6) is 0 Å². The number of rotatable bonds is 3. The zero-order valence-corrected chi connectivity index (χ0v) is 12.7. The van der Waals surface area contributed by atoms with Crippen molar-refractivity contribution < 1.29 is 8.42 Å². The lowest BCUT2D eigenvalue weighted by Gasteiger charge is -2.08. The number of thiophene rings is 1. The highest BCUT2D eigenvalue weighted by Gasteiger charge is 2.24. The van der Waals surface area contributed by atoms with Gasteiger partial charge < -0.3 is 0 Å². The maximum atomic E-state index is 11.8. The molecule has 2 aromatic heterocycles. The molecular weight excluding hydrogens is 308 g/mol. The van der Waals surface area contributed by atoms with Crippen LogP contribution in [-0.4, -0.2) is 23.2 Å². The fraction of sp³-hybridized carbons (Fsp3) is 0.0769. The summed E-state index contributed by atoms with van der Waals surface area (Å²) in [4.78, 5) is 0.862. The molecule has 0 unspecified atom stereocenters. The fourth-order valence-electron chi connectivity index (χ4n) is 2.01. The molecule has 21 heavy (non-hydrogen) atoms. The minimum Gasteiger partial charge on any atom is -0.264 e. The highest BCUT2D eigenvalue weighted by atomic mass is 32.2. The van der Waals surface area contributed by atoms with Gasteiger partial charge in [-0.3, -0.25) is 4.57 Å². The molecule has 0 saturated carbocycles. The third-order valence-corrected chi connectivity index (χ3v) is 4.75. The van der Waals surface area contributed by atoms with Crippen LogP contribution in [0.3, 0.4) is 0 Å². The van der Waals surface area contributed by atoms with E-state index < -0.39 is 10.0 Å². The second kappa shape index (κ2) is 5.06. The van der Waals surface area contributed by atoms with Crippen molar-refractivity contribution >= 4 is 21.4 Å². The quantitative estimate of drug-likeness (QED) is 0.798. The molecule has 0 radical (unpaired) electrons. The van der Waals surface area contributed by atoms with Crippen LogP contribution < -0.4 is 5.14 Å². The summed E-state index contributed by atoms with van der Waals surface area (Å²) in [6.07, 6.45) is 0. The Bertz CT molecular complexity index is 882. The number of nitrogens with zero attached hydrogens (tertiary/aromatic N) is 3. The van der Waals surface area contributed by atoms with Gasteiger partial charge in [0.1, 0.15) is 0 Å².